The highest BCUT2D eigenvalue weighted by Crippen LogP contribution is 2.25. The van der Waals surface area contributed by atoms with Crippen LogP contribution < -0.4 is 22.1 Å². The van der Waals surface area contributed by atoms with Crippen molar-refractivity contribution in [3.8, 4) is 0 Å². The van der Waals surface area contributed by atoms with Gasteiger partial charge in [-0.25, -0.2) is 4.98 Å². The molecular weight excluding hydrogens is 376 g/mol. The zero-order valence-electron chi connectivity index (χ0n) is 18.3. The second-order valence-corrected chi connectivity index (χ2v) is 7.71. The van der Waals surface area contributed by atoms with Gasteiger partial charge in [-0.3, -0.25) is 4.79 Å². The van der Waals surface area contributed by atoms with E-state index in [2.05, 4.69) is 59.3 Å². The third kappa shape index (κ3) is 4.25. The first kappa shape index (κ1) is 21.2. The smallest absolute Gasteiger partial charge is 0.268 e. The molecule has 0 unspecified atom stereocenters. The lowest BCUT2D eigenvalue weighted by Gasteiger charge is -2.11. The molecule has 0 aliphatic carbocycles. The Kier molecular flexibility index (Phi) is 6.01. The topological polar surface area (TPSA) is 111 Å². The van der Waals surface area contributed by atoms with Crippen molar-refractivity contribution in [2.75, 3.05) is 5.73 Å². The maximum absolute atomic E-state index is 12.3. The fraction of sp³-hybridized carbons (Fsp3) is 0.304. The van der Waals surface area contributed by atoms with Crippen LogP contribution >= 0.6 is 0 Å². The van der Waals surface area contributed by atoms with Crippen LogP contribution in [-0.4, -0.2) is 15.5 Å². The van der Waals surface area contributed by atoms with Crippen molar-refractivity contribution in [2.24, 2.45) is 12.8 Å². The van der Waals surface area contributed by atoms with Gasteiger partial charge in [-0.2, -0.15) is 0 Å². The lowest BCUT2D eigenvalue weighted by atomic mass is 10.1. The molecular formula is C23H30N6O. The zero-order chi connectivity index (χ0) is 22.0. The van der Waals surface area contributed by atoms with Gasteiger partial charge in [0.25, 0.3) is 5.91 Å². The molecule has 0 fully saturated rings. The van der Waals surface area contributed by atoms with Gasteiger partial charge in [0.2, 0.25) is 0 Å². The maximum atomic E-state index is 12.3. The summed E-state index contributed by atoms with van der Waals surface area (Å²) in [6.07, 6.45) is 1.55. The lowest BCUT2D eigenvalue weighted by molar-refractivity contribution is -0.117. The van der Waals surface area contributed by atoms with Crippen molar-refractivity contribution in [3.63, 3.8) is 0 Å². The van der Waals surface area contributed by atoms with E-state index in [9.17, 15) is 4.79 Å². The fourth-order valence-corrected chi connectivity index (χ4v) is 3.68. The Bertz CT molecular complexity index is 1120. The molecule has 2 aromatic heterocycles. The maximum Gasteiger partial charge on any atom is 0.268 e. The minimum absolute atomic E-state index is 0.126. The molecule has 1 aromatic carbocycles. The molecule has 158 valence electrons. The number of rotatable bonds is 6. The minimum atomic E-state index is -0.330. The van der Waals surface area contributed by atoms with Crippen LogP contribution in [0, 0.1) is 27.7 Å². The summed E-state index contributed by atoms with van der Waals surface area (Å²) >= 11 is 0. The number of carbonyl (C=O) groups is 1. The molecule has 30 heavy (non-hydrogen) atoms. The summed E-state index contributed by atoms with van der Waals surface area (Å²) < 4.78 is 2.20. The summed E-state index contributed by atoms with van der Waals surface area (Å²) in [7, 11) is 2.08. The van der Waals surface area contributed by atoms with Crippen LogP contribution in [0.2, 0.25) is 0 Å². The van der Waals surface area contributed by atoms with Crippen molar-refractivity contribution in [1.29, 1.82) is 0 Å². The van der Waals surface area contributed by atoms with Gasteiger partial charge in [0.05, 0.1) is 0 Å². The van der Waals surface area contributed by atoms with E-state index < -0.39 is 0 Å². The van der Waals surface area contributed by atoms with E-state index in [0.717, 1.165) is 22.4 Å². The van der Waals surface area contributed by atoms with E-state index in [-0.39, 0.29) is 11.6 Å². The molecule has 0 aliphatic rings. The average molecular weight is 407 g/mol. The molecule has 6 N–H and O–H groups in total. The SMILES string of the molecule is Cc1cc(N)nc(C)c1CNC(=O)/C(N)=C/NCc1ccc2c(c1)c(C)c(C)n2C. The standard InChI is InChI=1S/C23H30N6O/c1-13-8-22(25)28-15(3)19(13)11-27-23(30)20(24)12-26-10-17-6-7-21-18(9-17)14(2)16(4)29(21)5/h6-9,12,26H,10-11,24H2,1-5H3,(H2,25,28)(H,27,30)/b20-12-. The van der Waals surface area contributed by atoms with Crippen LogP contribution in [0.1, 0.15) is 33.6 Å². The second kappa shape index (κ2) is 8.49. The van der Waals surface area contributed by atoms with Gasteiger partial charge in [-0.15, -0.1) is 0 Å². The molecule has 0 spiro atoms. The number of nitrogens with two attached hydrogens (primary N) is 2. The van der Waals surface area contributed by atoms with Gasteiger partial charge in [-0.05, 0) is 68.1 Å². The Morgan fingerprint density at radius 2 is 1.90 bits per heavy atom. The van der Waals surface area contributed by atoms with E-state index in [1.54, 1.807) is 12.3 Å². The quantitative estimate of drug-likeness (QED) is 0.470. The number of nitrogen functional groups attached to an aromatic ring is 1. The van der Waals surface area contributed by atoms with E-state index >= 15 is 0 Å². The molecule has 7 nitrogen and oxygen atoms in total. The number of aromatic nitrogens is 2. The number of nitrogens with zero attached hydrogens (tertiary/aromatic N) is 2. The number of hydrogen-bond donors (Lipinski definition) is 4. The summed E-state index contributed by atoms with van der Waals surface area (Å²) in [5, 5.41) is 7.21. The third-order valence-corrected chi connectivity index (χ3v) is 5.70. The first-order valence-corrected chi connectivity index (χ1v) is 9.93. The molecule has 0 saturated carbocycles. The van der Waals surface area contributed by atoms with Crippen molar-refractivity contribution in [1.82, 2.24) is 20.2 Å². The lowest BCUT2D eigenvalue weighted by Crippen LogP contribution is -2.30. The molecule has 7 heteroatoms. The first-order chi connectivity index (χ1) is 14.2. The molecule has 1 amide bonds. The summed E-state index contributed by atoms with van der Waals surface area (Å²) in [6.45, 7) is 9.01. The number of aryl methyl sites for hydroxylation is 4. The molecule has 0 bridgehead atoms. The monoisotopic (exact) mass is 406 g/mol. The van der Waals surface area contributed by atoms with Crippen molar-refractivity contribution in [2.45, 2.75) is 40.8 Å². The Morgan fingerprint density at radius 1 is 1.17 bits per heavy atom. The zero-order valence-corrected chi connectivity index (χ0v) is 18.3. The van der Waals surface area contributed by atoms with Gasteiger partial charge in [0, 0.05) is 48.6 Å². The van der Waals surface area contributed by atoms with Crippen LogP contribution in [0.25, 0.3) is 10.9 Å². The number of hydrogen-bond acceptors (Lipinski definition) is 5. The molecule has 0 radical (unpaired) electrons. The van der Waals surface area contributed by atoms with Gasteiger partial charge in [0.1, 0.15) is 11.5 Å². The minimum Gasteiger partial charge on any atom is -0.393 e. The molecule has 2 heterocycles. The van der Waals surface area contributed by atoms with Gasteiger partial charge in [-0.1, -0.05) is 6.07 Å². The number of pyridine rings is 1. The number of nitrogens with one attached hydrogen (secondary N) is 2. The Morgan fingerprint density at radius 3 is 2.60 bits per heavy atom. The molecule has 0 atom stereocenters. The highest BCUT2D eigenvalue weighted by molar-refractivity contribution is 5.92. The average Bonchev–Trinajstić information content (AvgIpc) is 2.90. The molecule has 3 rings (SSSR count). The second-order valence-electron chi connectivity index (χ2n) is 7.71. The van der Waals surface area contributed by atoms with Crippen LogP contribution in [0.5, 0.6) is 0 Å². The Hall–Kier alpha value is -3.48. The fourth-order valence-electron chi connectivity index (χ4n) is 3.68. The molecule has 0 aliphatic heterocycles. The number of anilines is 1. The van der Waals surface area contributed by atoms with Crippen molar-refractivity contribution >= 4 is 22.6 Å². The normalized spacial score (nSPS) is 11.7. The van der Waals surface area contributed by atoms with E-state index in [1.807, 2.05) is 13.8 Å². The molecule has 0 saturated heterocycles. The summed E-state index contributed by atoms with van der Waals surface area (Å²) in [6, 6.07) is 8.17. The number of carbonyl (C=O) groups excluding carboxylic acids is 1. The molecule has 3 aromatic rings. The predicted octanol–water partition coefficient (Wildman–Crippen LogP) is 2.60. The highest BCUT2D eigenvalue weighted by Gasteiger charge is 2.10. The number of fused-ring (bicyclic) bond motifs is 1. The first-order valence-electron chi connectivity index (χ1n) is 9.93. The van der Waals surface area contributed by atoms with Gasteiger partial charge < -0.3 is 26.7 Å². The Balaban J connectivity index is 1.60. The van der Waals surface area contributed by atoms with E-state index in [0.29, 0.717) is 18.9 Å². The third-order valence-electron chi connectivity index (χ3n) is 5.70. The number of benzene rings is 1. The van der Waals surface area contributed by atoms with Crippen molar-refractivity contribution < 1.29 is 4.79 Å². The van der Waals surface area contributed by atoms with E-state index in [4.69, 9.17) is 11.5 Å². The predicted molar refractivity (Wildman–Crippen MR) is 121 cm³/mol. The van der Waals surface area contributed by atoms with E-state index in [1.165, 1.54) is 22.2 Å². The van der Waals surface area contributed by atoms with Gasteiger partial charge in [0.15, 0.2) is 0 Å². The van der Waals surface area contributed by atoms with Crippen LogP contribution in [0.3, 0.4) is 0 Å². The number of amides is 1. The van der Waals surface area contributed by atoms with Gasteiger partial charge >= 0.3 is 0 Å². The van der Waals surface area contributed by atoms with Crippen LogP contribution in [-0.2, 0) is 24.9 Å². The Labute approximate surface area is 177 Å². The van der Waals surface area contributed by atoms with Crippen LogP contribution in [0.4, 0.5) is 5.82 Å². The summed E-state index contributed by atoms with van der Waals surface area (Å²) in [5.41, 5.74) is 19.4. The van der Waals surface area contributed by atoms with Crippen molar-refractivity contribution in [3.05, 3.63) is 69.8 Å². The highest BCUT2D eigenvalue weighted by atomic mass is 16.1. The summed E-state index contributed by atoms with van der Waals surface area (Å²) in [5.74, 6) is 0.144. The largest absolute Gasteiger partial charge is 0.393 e. The summed E-state index contributed by atoms with van der Waals surface area (Å²) in [4.78, 5) is 16.6. The van der Waals surface area contributed by atoms with Crippen LogP contribution in [0.15, 0.2) is 36.2 Å².